The van der Waals surface area contributed by atoms with Crippen LogP contribution in [0.3, 0.4) is 0 Å². The lowest BCUT2D eigenvalue weighted by Crippen LogP contribution is -2.55. The van der Waals surface area contributed by atoms with Gasteiger partial charge in [-0.1, -0.05) is 36.8 Å². The Hall–Kier alpha value is -0.973. The molecule has 1 aromatic rings. The van der Waals surface area contributed by atoms with Crippen LogP contribution >= 0.6 is 0 Å². The van der Waals surface area contributed by atoms with E-state index in [1.54, 1.807) is 12.1 Å². The van der Waals surface area contributed by atoms with Gasteiger partial charge in [-0.25, -0.2) is 0 Å². The van der Waals surface area contributed by atoms with Gasteiger partial charge < -0.3 is 9.53 Å². The summed E-state index contributed by atoms with van der Waals surface area (Å²) >= 11 is 0. The van der Waals surface area contributed by atoms with E-state index in [2.05, 4.69) is 19.6 Å². The molecule has 0 spiro atoms. The first-order chi connectivity index (χ1) is 9.33. The fourth-order valence-electron chi connectivity index (χ4n) is 2.81. The Morgan fingerprint density at radius 2 is 1.90 bits per heavy atom. The molecule has 1 aliphatic carbocycles. The van der Waals surface area contributed by atoms with Crippen LogP contribution in [0.15, 0.2) is 30.3 Å². The minimum atomic E-state index is -1.79. The van der Waals surface area contributed by atoms with E-state index in [1.165, 1.54) is 0 Å². The Kier molecular flexibility index (Phi) is 4.47. The second kappa shape index (κ2) is 5.80. The van der Waals surface area contributed by atoms with Crippen LogP contribution in [-0.2, 0) is 4.43 Å². The van der Waals surface area contributed by atoms with E-state index in [4.69, 9.17) is 4.43 Å². The Morgan fingerprint density at radius 3 is 2.50 bits per heavy atom. The first-order valence-corrected chi connectivity index (χ1v) is 10.7. The smallest absolute Gasteiger partial charge is 0.196 e. The molecule has 0 saturated heterocycles. The predicted molar refractivity (Wildman–Crippen MR) is 82.4 cm³/mol. The van der Waals surface area contributed by atoms with Crippen LogP contribution in [0.4, 0.5) is 0 Å². The highest BCUT2D eigenvalue weighted by atomic mass is 28.4. The molecule has 0 amide bonds. The topological polar surface area (TPSA) is 46.5 Å². The summed E-state index contributed by atoms with van der Waals surface area (Å²) in [5.74, 6) is -0.193. The van der Waals surface area contributed by atoms with Gasteiger partial charge in [-0.05, 0) is 38.9 Å². The van der Waals surface area contributed by atoms with E-state index < -0.39 is 13.9 Å². The molecule has 0 aliphatic heterocycles. The average Bonchev–Trinajstić information content (AvgIpc) is 2.40. The molecule has 0 aromatic heterocycles. The molecule has 1 aromatic carbocycles. The number of aliphatic hydroxyl groups is 1. The lowest BCUT2D eigenvalue weighted by atomic mass is 9.77. The van der Waals surface area contributed by atoms with Crippen molar-refractivity contribution in [1.29, 1.82) is 0 Å². The maximum atomic E-state index is 12.7. The van der Waals surface area contributed by atoms with Crippen molar-refractivity contribution in [2.75, 3.05) is 0 Å². The second-order valence-electron chi connectivity index (χ2n) is 6.58. The first-order valence-electron chi connectivity index (χ1n) is 7.33. The summed E-state index contributed by atoms with van der Waals surface area (Å²) in [4.78, 5) is 12.7. The molecule has 20 heavy (non-hydrogen) atoms. The number of Topliss-reactive ketones (excluding diaryl/α,β-unsaturated/α-hetero) is 1. The van der Waals surface area contributed by atoms with Gasteiger partial charge in [0.15, 0.2) is 19.7 Å². The molecule has 0 bridgehead atoms. The van der Waals surface area contributed by atoms with E-state index in [0.29, 0.717) is 12.0 Å². The number of rotatable bonds is 4. The number of hydrogen-bond donors (Lipinski definition) is 1. The van der Waals surface area contributed by atoms with E-state index in [1.807, 2.05) is 18.2 Å². The van der Waals surface area contributed by atoms with Crippen LogP contribution in [0.2, 0.25) is 19.6 Å². The van der Waals surface area contributed by atoms with Gasteiger partial charge in [0.05, 0.1) is 6.10 Å². The Labute approximate surface area is 122 Å². The maximum Gasteiger partial charge on any atom is 0.196 e. The van der Waals surface area contributed by atoms with E-state index >= 15 is 0 Å². The third kappa shape index (κ3) is 3.37. The molecule has 3 nitrogen and oxygen atoms in total. The molecule has 1 fully saturated rings. The fourth-order valence-corrected chi connectivity index (χ4v) is 3.97. The SMILES string of the molecule is C[Si](C)(C)OC1CCCCC1(O)C(=O)c1ccccc1. The van der Waals surface area contributed by atoms with Crippen molar-refractivity contribution in [2.45, 2.75) is 57.0 Å². The first kappa shape index (κ1) is 15.4. The van der Waals surface area contributed by atoms with Crippen molar-refractivity contribution in [1.82, 2.24) is 0 Å². The van der Waals surface area contributed by atoms with Crippen molar-refractivity contribution in [3.63, 3.8) is 0 Å². The third-order valence-electron chi connectivity index (χ3n) is 3.73. The van der Waals surface area contributed by atoms with Gasteiger partial charge in [-0.2, -0.15) is 0 Å². The quantitative estimate of drug-likeness (QED) is 0.683. The number of benzene rings is 1. The van der Waals surface area contributed by atoms with E-state index in [9.17, 15) is 9.90 Å². The van der Waals surface area contributed by atoms with Crippen LogP contribution < -0.4 is 0 Å². The molecule has 1 N–H and O–H groups in total. The second-order valence-corrected chi connectivity index (χ2v) is 11.0. The predicted octanol–water partition coefficient (Wildman–Crippen LogP) is 3.39. The highest BCUT2D eigenvalue weighted by Gasteiger charge is 2.47. The zero-order valence-electron chi connectivity index (χ0n) is 12.6. The van der Waals surface area contributed by atoms with Gasteiger partial charge in [-0.3, -0.25) is 4.79 Å². The number of carbonyl (C=O) groups excluding carboxylic acids is 1. The van der Waals surface area contributed by atoms with Gasteiger partial charge in [0.1, 0.15) is 0 Å². The summed E-state index contributed by atoms with van der Waals surface area (Å²) in [6.07, 6.45) is 2.78. The van der Waals surface area contributed by atoms with E-state index in [0.717, 1.165) is 19.3 Å². The van der Waals surface area contributed by atoms with E-state index in [-0.39, 0.29) is 11.9 Å². The molecule has 4 heteroatoms. The lowest BCUT2D eigenvalue weighted by Gasteiger charge is -2.41. The minimum absolute atomic E-state index is 0.193. The van der Waals surface area contributed by atoms with Crippen molar-refractivity contribution in [3.8, 4) is 0 Å². The average molecular weight is 292 g/mol. The largest absolute Gasteiger partial charge is 0.411 e. The van der Waals surface area contributed by atoms with Crippen molar-refractivity contribution >= 4 is 14.1 Å². The summed E-state index contributed by atoms with van der Waals surface area (Å²) in [5.41, 5.74) is -0.791. The Balaban J connectivity index is 2.26. The lowest BCUT2D eigenvalue weighted by molar-refractivity contribution is -0.0647. The van der Waals surface area contributed by atoms with Gasteiger partial charge >= 0.3 is 0 Å². The number of carbonyl (C=O) groups is 1. The Bertz CT molecular complexity index is 466. The number of hydrogen-bond acceptors (Lipinski definition) is 3. The van der Waals surface area contributed by atoms with Crippen LogP contribution in [0.5, 0.6) is 0 Å². The Morgan fingerprint density at radius 1 is 1.25 bits per heavy atom. The van der Waals surface area contributed by atoms with Crippen LogP contribution in [0.1, 0.15) is 36.0 Å². The molecule has 2 unspecified atom stereocenters. The van der Waals surface area contributed by atoms with Crippen molar-refractivity contribution in [3.05, 3.63) is 35.9 Å². The molecule has 2 atom stereocenters. The van der Waals surface area contributed by atoms with Crippen LogP contribution in [0, 0.1) is 0 Å². The third-order valence-corrected chi connectivity index (χ3v) is 4.72. The molecule has 1 saturated carbocycles. The number of ketones is 1. The standard InChI is InChI=1S/C16H24O3Si/c1-20(2,3)19-14-11-7-8-12-16(14,18)15(17)13-9-5-4-6-10-13/h4-6,9-10,14,18H,7-8,11-12H2,1-3H3. The van der Waals surface area contributed by atoms with Crippen LogP contribution in [0.25, 0.3) is 0 Å². The van der Waals surface area contributed by atoms with Gasteiger partial charge in [0.25, 0.3) is 0 Å². The normalized spacial score (nSPS) is 27.3. The summed E-state index contributed by atoms with van der Waals surface area (Å²) < 4.78 is 6.10. The summed E-state index contributed by atoms with van der Waals surface area (Å²) in [6, 6.07) is 9.06. The minimum Gasteiger partial charge on any atom is -0.411 e. The zero-order chi connectivity index (χ0) is 14.8. The fraction of sp³-hybridized carbons (Fsp3) is 0.562. The molecule has 1 aliphatic rings. The highest BCUT2D eigenvalue weighted by molar-refractivity contribution is 6.69. The molecular weight excluding hydrogens is 268 g/mol. The summed E-state index contributed by atoms with van der Waals surface area (Å²) in [7, 11) is -1.79. The highest BCUT2D eigenvalue weighted by Crippen LogP contribution is 2.35. The van der Waals surface area contributed by atoms with Gasteiger partial charge in [0.2, 0.25) is 0 Å². The maximum absolute atomic E-state index is 12.7. The molecule has 110 valence electrons. The molecule has 2 rings (SSSR count). The monoisotopic (exact) mass is 292 g/mol. The van der Waals surface area contributed by atoms with Gasteiger partial charge in [0, 0.05) is 5.56 Å². The molecule has 0 radical (unpaired) electrons. The summed E-state index contributed by atoms with van der Waals surface area (Å²) in [6.45, 7) is 6.28. The van der Waals surface area contributed by atoms with Crippen LogP contribution in [-0.4, -0.2) is 30.9 Å². The molecular formula is C16H24O3Si. The molecule has 0 heterocycles. The zero-order valence-corrected chi connectivity index (χ0v) is 13.6. The van der Waals surface area contributed by atoms with Crippen molar-refractivity contribution in [2.24, 2.45) is 0 Å². The van der Waals surface area contributed by atoms with Crippen molar-refractivity contribution < 1.29 is 14.3 Å². The summed E-state index contributed by atoms with van der Waals surface area (Å²) in [5, 5.41) is 11.0. The van der Waals surface area contributed by atoms with Gasteiger partial charge in [-0.15, -0.1) is 0 Å².